The summed E-state index contributed by atoms with van der Waals surface area (Å²) in [7, 11) is 0. The standard InChI is InChI=1S/C28H16O4S4/c1-15-3-5-17(33-15)6-7-18-8-10-25(35-18)26-12-11-24(36-26)22-14-20(28(30)32-22)19-13-21(31-27(19)29)23-9-4-16(2)34-23/h3-5,8-14H,1-2H3/b20-19+. The second kappa shape index (κ2) is 9.19. The van der Waals surface area contributed by atoms with Gasteiger partial charge in [0.15, 0.2) is 0 Å². The summed E-state index contributed by atoms with van der Waals surface area (Å²) in [6.45, 7) is 4.06. The molecule has 0 amide bonds. The topological polar surface area (TPSA) is 52.6 Å². The van der Waals surface area contributed by atoms with Crippen molar-refractivity contribution in [3.8, 4) is 21.6 Å². The summed E-state index contributed by atoms with van der Waals surface area (Å²) in [4.78, 5) is 33.4. The highest BCUT2D eigenvalue weighted by molar-refractivity contribution is 7.22. The number of carbonyl (C=O) groups excluding carboxylic acids is 2. The van der Waals surface area contributed by atoms with Crippen molar-refractivity contribution in [1.29, 1.82) is 0 Å². The van der Waals surface area contributed by atoms with Gasteiger partial charge in [-0.25, -0.2) is 9.59 Å². The maximum absolute atomic E-state index is 12.6. The molecule has 0 N–H and O–H groups in total. The number of cyclic esters (lactones) is 2. The summed E-state index contributed by atoms with van der Waals surface area (Å²) >= 11 is 6.37. The Morgan fingerprint density at radius 1 is 0.556 bits per heavy atom. The molecule has 0 atom stereocenters. The van der Waals surface area contributed by atoms with Crippen molar-refractivity contribution in [2.45, 2.75) is 13.8 Å². The summed E-state index contributed by atoms with van der Waals surface area (Å²) < 4.78 is 11.0. The van der Waals surface area contributed by atoms with Gasteiger partial charge in [0.2, 0.25) is 0 Å². The Balaban J connectivity index is 1.25. The fourth-order valence-corrected chi connectivity index (χ4v) is 7.15. The number of esters is 2. The van der Waals surface area contributed by atoms with Crippen LogP contribution in [-0.2, 0) is 19.1 Å². The molecule has 0 saturated heterocycles. The van der Waals surface area contributed by atoms with Crippen molar-refractivity contribution >= 4 is 68.8 Å². The molecule has 2 aliphatic rings. The zero-order valence-corrected chi connectivity index (χ0v) is 22.3. The van der Waals surface area contributed by atoms with Crippen LogP contribution in [0.5, 0.6) is 0 Å². The highest BCUT2D eigenvalue weighted by Crippen LogP contribution is 2.40. The van der Waals surface area contributed by atoms with Crippen LogP contribution in [-0.4, -0.2) is 11.9 Å². The van der Waals surface area contributed by atoms with E-state index in [2.05, 4.69) is 30.9 Å². The van der Waals surface area contributed by atoms with Crippen LogP contribution in [0, 0.1) is 25.7 Å². The number of hydrogen-bond donors (Lipinski definition) is 0. The molecule has 4 aromatic heterocycles. The van der Waals surface area contributed by atoms with Gasteiger partial charge in [0.05, 0.1) is 30.7 Å². The lowest BCUT2D eigenvalue weighted by atomic mass is 10.1. The Hall–Kier alpha value is -3.48. The zero-order chi connectivity index (χ0) is 24.8. The molecule has 0 radical (unpaired) electrons. The van der Waals surface area contributed by atoms with E-state index >= 15 is 0 Å². The van der Waals surface area contributed by atoms with Crippen LogP contribution >= 0.6 is 45.3 Å². The second-order valence-electron chi connectivity index (χ2n) is 8.02. The molecule has 0 spiro atoms. The number of ether oxygens (including phenoxy) is 2. The summed E-state index contributed by atoms with van der Waals surface area (Å²) in [6.07, 6.45) is 3.25. The monoisotopic (exact) mass is 544 g/mol. The van der Waals surface area contributed by atoms with Crippen LogP contribution in [0.25, 0.3) is 21.3 Å². The molecule has 0 aromatic carbocycles. The lowest BCUT2D eigenvalue weighted by Crippen LogP contribution is -2.05. The minimum atomic E-state index is -0.552. The van der Waals surface area contributed by atoms with Gasteiger partial charge < -0.3 is 9.47 Å². The van der Waals surface area contributed by atoms with E-state index in [0.717, 1.165) is 34.1 Å². The van der Waals surface area contributed by atoms with Crippen molar-refractivity contribution in [3.05, 3.63) is 101 Å². The van der Waals surface area contributed by atoms with E-state index in [0.29, 0.717) is 11.5 Å². The quantitative estimate of drug-likeness (QED) is 0.153. The molecule has 4 nitrogen and oxygen atoms in total. The molecule has 0 fully saturated rings. The minimum absolute atomic E-state index is 0.214. The molecule has 6 heterocycles. The summed E-state index contributed by atoms with van der Waals surface area (Å²) in [5, 5.41) is 0. The maximum Gasteiger partial charge on any atom is 0.344 e. The Bertz CT molecular complexity index is 1700. The van der Waals surface area contributed by atoms with E-state index < -0.39 is 11.9 Å². The summed E-state index contributed by atoms with van der Waals surface area (Å²) in [6, 6.07) is 16.0. The summed E-state index contributed by atoms with van der Waals surface area (Å²) in [5.74, 6) is 6.26. The van der Waals surface area contributed by atoms with Crippen LogP contribution in [0.4, 0.5) is 0 Å². The van der Waals surface area contributed by atoms with Crippen molar-refractivity contribution in [2.24, 2.45) is 0 Å². The van der Waals surface area contributed by atoms with Gasteiger partial charge in [-0.15, -0.1) is 45.3 Å². The largest absolute Gasteiger partial charge is 0.421 e. The lowest BCUT2D eigenvalue weighted by Gasteiger charge is -1.97. The minimum Gasteiger partial charge on any atom is -0.421 e. The van der Waals surface area contributed by atoms with E-state index in [4.69, 9.17) is 9.47 Å². The van der Waals surface area contributed by atoms with Crippen molar-refractivity contribution < 1.29 is 19.1 Å². The second-order valence-corrected chi connectivity index (χ2v) is 12.8. The van der Waals surface area contributed by atoms with Crippen LogP contribution in [0.15, 0.2) is 71.8 Å². The van der Waals surface area contributed by atoms with E-state index in [-0.39, 0.29) is 11.1 Å². The first-order chi connectivity index (χ1) is 17.4. The Morgan fingerprint density at radius 2 is 1.03 bits per heavy atom. The number of thiophene rings is 4. The fourth-order valence-electron chi connectivity index (χ4n) is 3.70. The number of rotatable bonds is 3. The molecule has 0 aliphatic carbocycles. The van der Waals surface area contributed by atoms with Crippen molar-refractivity contribution in [1.82, 2.24) is 0 Å². The average molecular weight is 545 g/mol. The van der Waals surface area contributed by atoms with Gasteiger partial charge in [-0.05, 0) is 86.4 Å². The zero-order valence-electron chi connectivity index (χ0n) is 19.0. The van der Waals surface area contributed by atoms with Gasteiger partial charge in [-0.3, -0.25) is 0 Å². The lowest BCUT2D eigenvalue weighted by molar-refractivity contribution is -0.133. The van der Waals surface area contributed by atoms with Crippen LogP contribution in [0.3, 0.4) is 0 Å². The number of aryl methyl sites for hydroxylation is 2. The first kappa shape index (κ1) is 23.0. The Kier molecular flexibility index (Phi) is 5.86. The number of hydrogen-bond acceptors (Lipinski definition) is 8. The fraction of sp³-hybridized carbons (Fsp3) is 0.0714. The highest BCUT2D eigenvalue weighted by atomic mass is 32.1. The van der Waals surface area contributed by atoms with Gasteiger partial charge in [-0.2, -0.15) is 0 Å². The molecule has 4 aromatic rings. The Morgan fingerprint density at radius 3 is 1.64 bits per heavy atom. The molecule has 0 bridgehead atoms. The van der Waals surface area contributed by atoms with E-state index in [9.17, 15) is 9.59 Å². The first-order valence-corrected chi connectivity index (χ1v) is 14.2. The van der Waals surface area contributed by atoms with E-state index in [1.54, 1.807) is 34.8 Å². The van der Waals surface area contributed by atoms with Crippen molar-refractivity contribution in [3.63, 3.8) is 0 Å². The van der Waals surface area contributed by atoms with Gasteiger partial charge in [-0.1, -0.05) is 0 Å². The normalized spacial score (nSPS) is 16.9. The molecule has 6 rings (SSSR count). The van der Waals surface area contributed by atoms with Gasteiger partial charge in [0.1, 0.15) is 11.5 Å². The predicted molar refractivity (Wildman–Crippen MR) is 147 cm³/mol. The highest BCUT2D eigenvalue weighted by Gasteiger charge is 2.33. The third-order valence-electron chi connectivity index (χ3n) is 5.42. The van der Waals surface area contributed by atoms with E-state index in [1.807, 2.05) is 43.3 Å². The van der Waals surface area contributed by atoms with Gasteiger partial charge in [0.25, 0.3) is 0 Å². The molecule has 36 heavy (non-hydrogen) atoms. The Labute approximate surface area is 223 Å². The molecule has 0 unspecified atom stereocenters. The molecule has 176 valence electrons. The SMILES string of the molecule is Cc1ccc(C#Cc2ccc(-c3ccc(C4=C/C(=C5/C=C(c6ccc(C)s6)OC5=O)C(=O)O4)s3)s2)s1. The molecular weight excluding hydrogens is 529 g/mol. The van der Waals surface area contributed by atoms with Crippen LogP contribution in [0.1, 0.15) is 29.3 Å². The third-order valence-corrected chi connectivity index (χ3v) is 9.64. The summed E-state index contributed by atoms with van der Waals surface area (Å²) in [5.41, 5.74) is 0.431. The predicted octanol–water partition coefficient (Wildman–Crippen LogP) is 7.41. The molecule has 8 heteroatoms. The maximum atomic E-state index is 12.6. The van der Waals surface area contributed by atoms with Gasteiger partial charge >= 0.3 is 11.9 Å². The number of carbonyl (C=O) groups is 2. The smallest absolute Gasteiger partial charge is 0.344 e. The van der Waals surface area contributed by atoms with Crippen LogP contribution in [0.2, 0.25) is 0 Å². The molecule has 0 saturated carbocycles. The first-order valence-electron chi connectivity index (χ1n) is 10.9. The van der Waals surface area contributed by atoms with E-state index in [1.165, 1.54) is 27.6 Å². The average Bonchev–Trinajstić information content (AvgIpc) is 3.66. The van der Waals surface area contributed by atoms with Gasteiger partial charge in [0, 0.05) is 19.5 Å². The molecule has 2 aliphatic heterocycles. The third kappa shape index (κ3) is 4.43. The van der Waals surface area contributed by atoms with Crippen LogP contribution < -0.4 is 0 Å². The van der Waals surface area contributed by atoms with Crippen molar-refractivity contribution in [2.75, 3.05) is 0 Å². The molecular formula is C28H16O4S4.